The predicted molar refractivity (Wildman–Crippen MR) is 72.0 cm³/mol. The fraction of sp³-hybridized carbons (Fsp3) is 0.545. The molecule has 0 aliphatic rings. The molecule has 3 N–H and O–H groups in total. The largest absolute Gasteiger partial charge is 0.345 e. The molecule has 0 radical (unpaired) electrons. The van der Waals surface area contributed by atoms with Crippen LogP contribution in [0.4, 0.5) is 8.78 Å². The number of nitrogens with two attached hydrogens (primary N) is 1. The summed E-state index contributed by atoms with van der Waals surface area (Å²) in [6.45, 7) is 2.40. The number of amides is 1. The van der Waals surface area contributed by atoms with Crippen LogP contribution in [0.1, 0.15) is 27.0 Å². The molecule has 1 aromatic rings. The summed E-state index contributed by atoms with van der Waals surface area (Å²) in [5.41, 5.74) is 5.90. The highest BCUT2D eigenvalue weighted by Crippen LogP contribution is 2.22. The van der Waals surface area contributed by atoms with Gasteiger partial charge in [-0.1, -0.05) is 6.92 Å². The Labute approximate surface area is 115 Å². The first kappa shape index (κ1) is 17.3. The van der Waals surface area contributed by atoms with Crippen LogP contribution < -0.4 is 11.1 Å². The van der Waals surface area contributed by atoms with Gasteiger partial charge in [0, 0.05) is 4.88 Å². The number of hydrogen-bond donors (Lipinski definition) is 2. The molecule has 1 rings (SSSR count). The minimum absolute atomic E-state index is 0. The van der Waals surface area contributed by atoms with E-state index in [0.717, 1.165) is 16.9 Å². The Kier molecular flexibility index (Phi) is 6.73. The molecule has 0 aromatic carbocycles. The van der Waals surface area contributed by atoms with Gasteiger partial charge in [0.2, 0.25) is 0 Å². The van der Waals surface area contributed by atoms with Gasteiger partial charge in [0.1, 0.15) is 0 Å². The van der Waals surface area contributed by atoms with Gasteiger partial charge < -0.3 is 11.1 Å². The zero-order valence-corrected chi connectivity index (χ0v) is 11.9. The van der Waals surface area contributed by atoms with Crippen molar-refractivity contribution in [1.29, 1.82) is 0 Å². The van der Waals surface area contributed by atoms with Crippen LogP contribution in [0.3, 0.4) is 0 Å². The third kappa shape index (κ3) is 4.51. The highest BCUT2D eigenvalue weighted by atomic mass is 35.5. The molecule has 1 amide bonds. The number of thiophene rings is 1. The SMILES string of the molecule is CCc1sc(C(=O)NCC(F)(F)CN)cc1C.Cl. The third-order valence-corrected chi connectivity index (χ3v) is 3.75. The molecule has 1 aromatic heterocycles. The van der Waals surface area contributed by atoms with E-state index in [2.05, 4.69) is 5.32 Å². The summed E-state index contributed by atoms with van der Waals surface area (Å²) in [5, 5.41) is 2.20. The Morgan fingerprint density at radius 3 is 2.61 bits per heavy atom. The fourth-order valence-corrected chi connectivity index (χ4v) is 2.38. The van der Waals surface area contributed by atoms with Crippen molar-refractivity contribution < 1.29 is 13.6 Å². The Hall–Kier alpha value is -0.720. The van der Waals surface area contributed by atoms with E-state index in [0.29, 0.717) is 4.88 Å². The first-order valence-electron chi connectivity index (χ1n) is 5.35. The summed E-state index contributed by atoms with van der Waals surface area (Å²) >= 11 is 1.34. The van der Waals surface area contributed by atoms with Crippen LogP contribution in [0.5, 0.6) is 0 Å². The van der Waals surface area contributed by atoms with Crippen molar-refractivity contribution in [3.05, 3.63) is 21.4 Å². The third-order valence-electron chi connectivity index (χ3n) is 2.37. The number of halogens is 3. The Morgan fingerprint density at radius 1 is 1.56 bits per heavy atom. The van der Waals surface area contributed by atoms with Crippen molar-refractivity contribution in [3.8, 4) is 0 Å². The van der Waals surface area contributed by atoms with Crippen LogP contribution in [0.25, 0.3) is 0 Å². The Bertz CT molecular complexity index is 410. The van der Waals surface area contributed by atoms with Gasteiger partial charge in [-0.25, -0.2) is 8.78 Å². The van der Waals surface area contributed by atoms with E-state index in [9.17, 15) is 13.6 Å². The van der Waals surface area contributed by atoms with Crippen LogP contribution in [0.15, 0.2) is 6.07 Å². The van der Waals surface area contributed by atoms with Gasteiger partial charge >= 0.3 is 0 Å². The number of nitrogens with one attached hydrogen (secondary N) is 1. The lowest BCUT2D eigenvalue weighted by atomic mass is 10.2. The fourth-order valence-electron chi connectivity index (χ4n) is 1.35. The van der Waals surface area contributed by atoms with E-state index in [1.54, 1.807) is 6.07 Å². The normalized spacial score (nSPS) is 10.9. The molecular formula is C11H17ClF2N2OS. The van der Waals surface area contributed by atoms with E-state index in [-0.39, 0.29) is 12.4 Å². The average Bonchev–Trinajstić information content (AvgIpc) is 2.67. The van der Waals surface area contributed by atoms with Crippen LogP contribution in [-0.2, 0) is 6.42 Å². The molecular weight excluding hydrogens is 282 g/mol. The van der Waals surface area contributed by atoms with Crippen LogP contribution in [0.2, 0.25) is 0 Å². The van der Waals surface area contributed by atoms with Crippen molar-refractivity contribution in [1.82, 2.24) is 5.32 Å². The van der Waals surface area contributed by atoms with Gasteiger partial charge in [-0.3, -0.25) is 4.79 Å². The zero-order chi connectivity index (χ0) is 13.1. The average molecular weight is 299 g/mol. The molecule has 0 unspecified atom stereocenters. The van der Waals surface area contributed by atoms with Crippen molar-refractivity contribution >= 4 is 29.7 Å². The summed E-state index contributed by atoms with van der Waals surface area (Å²) in [6.07, 6.45) is 0.836. The lowest BCUT2D eigenvalue weighted by molar-refractivity contribution is 0.0119. The minimum Gasteiger partial charge on any atom is -0.345 e. The summed E-state index contributed by atoms with van der Waals surface area (Å²) < 4.78 is 25.7. The maximum atomic E-state index is 12.8. The van der Waals surface area contributed by atoms with Crippen molar-refractivity contribution in [3.63, 3.8) is 0 Å². The number of aryl methyl sites for hydroxylation is 2. The van der Waals surface area contributed by atoms with E-state index in [1.807, 2.05) is 13.8 Å². The quantitative estimate of drug-likeness (QED) is 0.877. The standard InChI is InChI=1S/C11H16F2N2OS.ClH/c1-3-8-7(2)4-9(17-8)10(16)15-6-11(12,13)5-14;/h4H,3,5-6,14H2,1-2H3,(H,15,16);1H. The molecule has 0 aliphatic carbocycles. The second kappa shape index (κ2) is 7.01. The molecule has 0 saturated heterocycles. The molecule has 0 aliphatic heterocycles. The predicted octanol–water partition coefficient (Wildman–Crippen LogP) is 2.36. The first-order chi connectivity index (χ1) is 7.89. The van der Waals surface area contributed by atoms with Crippen LogP contribution in [-0.4, -0.2) is 24.9 Å². The summed E-state index contributed by atoms with van der Waals surface area (Å²) in [7, 11) is 0. The van der Waals surface area contributed by atoms with E-state index < -0.39 is 24.9 Å². The molecule has 104 valence electrons. The van der Waals surface area contributed by atoms with Crippen molar-refractivity contribution in [2.24, 2.45) is 5.73 Å². The topological polar surface area (TPSA) is 55.1 Å². The monoisotopic (exact) mass is 298 g/mol. The molecule has 18 heavy (non-hydrogen) atoms. The Balaban J connectivity index is 0.00000289. The van der Waals surface area contributed by atoms with Gasteiger partial charge in [0.15, 0.2) is 0 Å². The van der Waals surface area contributed by atoms with Gasteiger partial charge in [0.05, 0.1) is 18.0 Å². The van der Waals surface area contributed by atoms with E-state index in [1.165, 1.54) is 11.3 Å². The lowest BCUT2D eigenvalue weighted by Crippen LogP contribution is -2.41. The van der Waals surface area contributed by atoms with E-state index in [4.69, 9.17) is 5.73 Å². The van der Waals surface area contributed by atoms with Gasteiger partial charge in [-0.15, -0.1) is 23.7 Å². The highest BCUT2D eigenvalue weighted by molar-refractivity contribution is 7.14. The Morgan fingerprint density at radius 2 is 2.17 bits per heavy atom. The molecule has 3 nitrogen and oxygen atoms in total. The maximum Gasteiger partial charge on any atom is 0.277 e. The van der Waals surface area contributed by atoms with Gasteiger partial charge in [-0.2, -0.15) is 0 Å². The van der Waals surface area contributed by atoms with Crippen LogP contribution >= 0.6 is 23.7 Å². The number of hydrogen-bond acceptors (Lipinski definition) is 3. The van der Waals surface area contributed by atoms with Crippen LogP contribution in [0, 0.1) is 6.92 Å². The number of carbonyl (C=O) groups excluding carboxylic acids is 1. The maximum absolute atomic E-state index is 12.8. The number of alkyl halides is 2. The second-order valence-corrected chi connectivity index (χ2v) is 4.95. The van der Waals surface area contributed by atoms with Gasteiger partial charge in [0.25, 0.3) is 11.8 Å². The molecule has 0 spiro atoms. The van der Waals surface area contributed by atoms with Crippen molar-refractivity contribution in [2.75, 3.05) is 13.1 Å². The van der Waals surface area contributed by atoms with Gasteiger partial charge in [-0.05, 0) is 25.0 Å². The molecule has 0 saturated carbocycles. The summed E-state index contributed by atoms with van der Waals surface area (Å²) in [4.78, 5) is 13.2. The summed E-state index contributed by atoms with van der Waals surface area (Å²) in [5.74, 6) is -3.51. The molecule has 0 atom stereocenters. The van der Waals surface area contributed by atoms with Crippen molar-refractivity contribution in [2.45, 2.75) is 26.2 Å². The number of rotatable bonds is 5. The molecule has 1 heterocycles. The molecule has 0 fully saturated rings. The number of carbonyl (C=O) groups is 1. The molecule has 0 bridgehead atoms. The lowest BCUT2D eigenvalue weighted by Gasteiger charge is -2.13. The summed E-state index contributed by atoms with van der Waals surface area (Å²) in [6, 6.07) is 1.72. The molecule has 7 heteroatoms. The minimum atomic E-state index is -3.05. The second-order valence-electron chi connectivity index (χ2n) is 3.81. The highest BCUT2D eigenvalue weighted by Gasteiger charge is 2.27. The first-order valence-corrected chi connectivity index (χ1v) is 6.16. The zero-order valence-electron chi connectivity index (χ0n) is 10.3. The van der Waals surface area contributed by atoms with E-state index >= 15 is 0 Å². The smallest absolute Gasteiger partial charge is 0.277 e.